The first kappa shape index (κ1) is 19.7. The number of nitrogens with one attached hydrogen (secondary N) is 1. The normalized spacial score (nSPS) is 13.7. The van der Waals surface area contributed by atoms with Gasteiger partial charge in [-0.2, -0.15) is 0 Å². The predicted molar refractivity (Wildman–Crippen MR) is 117 cm³/mol. The van der Waals surface area contributed by atoms with Crippen molar-refractivity contribution in [3.05, 3.63) is 101 Å². The van der Waals surface area contributed by atoms with Crippen LogP contribution in [0, 0.1) is 0 Å². The zero-order valence-electron chi connectivity index (χ0n) is 16.3. The van der Waals surface area contributed by atoms with E-state index in [2.05, 4.69) is 5.32 Å². The molecule has 0 saturated heterocycles. The fourth-order valence-electron chi connectivity index (χ4n) is 3.36. The van der Waals surface area contributed by atoms with Gasteiger partial charge >= 0.3 is 0 Å². The molecule has 0 aliphatic carbocycles. The Hall–Kier alpha value is -3.57. The molecule has 0 radical (unpaired) electrons. The van der Waals surface area contributed by atoms with E-state index in [0.717, 1.165) is 5.56 Å². The molecule has 5 nitrogen and oxygen atoms in total. The molecule has 1 N–H and O–H groups in total. The quantitative estimate of drug-likeness (QED) is 0.587. The largest absolute Gasteiger partial charge is 0.495 e. The summed E-state index contributed by atoms with van der Waals surface area (Å²) in [5.41, 5.74) is 2.70. The summed E-state index contributed by atoms with van der Waals surface area (Å²) >= 11 is 6.23. The lowest BCUT2D eigenvalue weighted by molar-refractivity contribution is -0.137. The molecule has 0 fully saturated rings. The first-order valence-corrected chi connectivity index (χ1v) is 9.76. The first-order chi connectivity index (χ1) is 14.6. The number of methoxy groups -OCH3 is 1. The maximum absolute atomic E-state index is 13.2. The van der Waals surface area contributed by atoms with Crippen LogP contribution in [0.15, 0.2) is 84.6 Å². The van der Waals surface area contributed by atoms with E-state index in [1.54, 1.807) is 18.2 Å². The molecule has 1 aliphatic heterocycles. The van der Waals surface area contributed by atoms with Gasteiger partial charge in [0.15, 0.2) is 0 Å². The number of hydrogen-bond donors (Lipinski definition) is 1. The monoisotopic (exact) mass is 418 g/mol. The van der Waals surface area contributed by atoms with Crippen LogP contribution in [0.4, 0.5) is 5.69 Å². The topological polar surface area (TPSA) is 58.6 Å². The molecule has 3 aromatic carbocycles. The maximum atomic E-state index is 13.2. The Labute approximate surface area is 179 Å². The second-order valence-electron chi connectivity index (χ2n) is 6.77. The Morgan fingerprint density at radius 2 is 1.57 bits per heavy atom. The summed E-state index contributed by atoms with van der Waals surface area (Å²) in [4.78, 5) is 27.7. The minimum absolute atomic E-state index is 0.198. The van der Waals surface area contributed by atoms with E-state index in [1.165, 1.54) is 12.0 Å². The van der Waals surface area contributed by atoms with Crippen molar-refractivity contribution in [2.75, 3.05) is 12.4 Å². The maximum Gasteiger partial charge on any atom is 0.278 e. The molecular formula is C24H19ClN2O3. The van der Waals surface area contributed by atoms with E-state index in [4.69, 9.17) is 16.3 Å². The summed E-state index contributed by atoms with van der Waals surface area (Å²) in [6, 6.07) is 23.7. The van der Waals surface area contributed by atoms with Crippen LogP contribution in [-0.4, -0.2) is 23.8 Å². The summed E-state index contributed by atoms with van der Waals surface area (Å²) in [6.07, 6.45) is 0. The van der Waals surface area contributed by atoms with E-state index in [1.807, 2.05) is 60.7 Å². The molecule has 150 valence electrons. The van der Waals surface area contributed by atoms with Gasteiger partial charge in [0, 0.05) is 5.69 Å². The Balaban J connectivity index is 1.73. The molecule has 1 aliphatic rings. The van der Waals surface area contributed by atoms with Crippen molar-refractivity contribution in [1.82, 2.24) is 4.90 Å². The minimum atomic E-state index is -0.380. The number of ether oxygens (including phenoxy) is 1. The van der Waals surface area contributed by atoms with Crippen LogP contribution in [0.2, 0.25) is 5.02 Å². The highest BCUT2D eigenvalue weighted by Crippen LogP contribution is 2.33. The molecule has 30 heavy (non-hydrogen) atoms. The van der Waals surface area contributed by atoms with Crippen molar-refractivity contribution in [3.63, 3.8) is 0 Å². The van der Waals surface area contributed by atoms with Crippen LogP contribution < -0.4 is 10.1 Å². The van der Waals surface area contributed by atoms with Crippen molar-refractivity contribution in [2.24, 2.45) is 0 Å². The van der Waals surface area contributed by atoms with Crippen molar-refractivity contribution < 1.29 is 14.3 Å². The van der Waals surface area contributed by atoms with Crippen LogP contribution in [0.5, 0.6) is 5.75 Å². The SMILES string of the molecule is COc1ccc(NC2=C(c3ccccc3)C(=O)N(Cc3ccccc3)C2=O)cc1Cl. The molecule has 4 rings (SSSR count). The molecular weight excluding hydrogens is 400 g/mol. The number of nitrogens with zero attached hydrogens (tertiary/aromatic N) is 1. The van der Waals surface area contributed by atoms with E-state index in [9.17, 15) is 9.59 Å². The number of amides is 2. The summed E-state index contributed by atoms with van der Waals surface area (Å²) in [5, 5.41) is 3.51. The Kier molecular flexibility index (Phi) is 5.55. The van der Waals surface area contributed by atoms with Crippen LogP contribution >= 0.6 is 11.6 Å². The number of anilines is 1. The van der Waals surface area contributed by atoms with Gasteiger partial charge in [0.25, 0.3) is 11.8 Å². The lowest BCUT2D eigenvalue weighted by Gasteiger charge is -2.15. The van der Waals surface area contributed by atoms with Gasteiger partial charge in [-0.3, -0.25) is 14.5 Å². The zero-order valence-corrected chi connectivity index (χ0v) is 17.0. The summed E-state index contributed by atoms with van der Waals surface area (Å²) in [6.45, 7) is 0.198. The van der Waals surface area contributed by atoms with E-state index in [-0.39, 0.29) is 24.1 Å². The van der Waals surface area contributed by atoms with Gasteiger partial charge in [-0.25, -0.2) is 0 Å². The molecule has 3 aromatic rings. The number of halogens is 1. The first-order valence-electron chi connectivity index (χ1n) is 9.39. The highest BCUT2D eigenvalue weighted by Gasteiger charge is 2.39. The average Bonchev–Trinajstić information content (AvgIpc) is 2.99. The van der Waals surface area contributed by atoms with Crippen LogP contribution in [0.1, 0.15) is 11.1 Å². The molecule has 0 unspecified atom stereocenters. The number of rotatable bonds is 6. The fraction of sp³-hybridized carbons (Fsp3) is 0.0833. The van der Waals surface area contributed by atoms with Crippen molar-refractivity contribution in [3.8, 4) is 5.75 Å². The smallest absolute Gasteiger partial charge is 0.278 e. The van der Waals surface area contributed by atoms with E-state index >= 15 is 0 Å². The Bertz CT molecular complexity index is 1130. The highest BCUT2D eigenvalue weighted by atomic mass is 35.5. The third-order valence-electron chi connectivity index (χ3n) is 4.84. The molecule has 6 heteroatoms. The van der Waals surface area contributed by atoms with Gasteiger partial charge in [-0.15, -0.1) is 0 Å². The lowest BCUT2D eigenvalue weighted by Crippen LogP contribution is -2.31. The molecule has 0 atom stereocenters. The summed E-state index contributed by atoms with van der Waals surface area (Å²) in [5.74, 6) is -0.189. The van der Waals surface area contributed by atoms with E-state index < -0.39 is 0 Å². The number of imide groups is 1. The van der Waals surface area contributed by atoms with Crippen molar-refractivity contribution in [1.29, 1.82) is 0 Å². The minimum Gasteiger partial charge on any atom is -0.495 e. The summed E-state index contributed by atoms with van der Waals surface area (Å²) < 4.78 is 5.18. The van der Waals surface area contributed by atoms with Crippen LogP contribution in [-0.2, 0) is 16.1 Å². The molecule has 0 bridgehead atoms. The highest BCUT2D eigenvalue weighted by molar-refractivity contribution is 6.36. The van der Waals surface area contributed by atoms with Gasteiger partial charge < -0.3 is 10.1 Å². The second kappa shape index (κ2) is 8.43. The number of benzene rings is 3. The number of carbonyl (C=O) groups is 2. The average molecular weight is 419 g/mol. The van der Waals surface area contributed by atoms with Gasteiger partial charge in [0.2, 0.25) is 0 Å². The zero-order chi connectivity index (χ0) is 21.1. The number of carbonyl (C=O) groups excluding carboxylic acids is 2. The second-order valence-corrected chi connectivity index (χ2v) is 7.18. The van der Waals surface area contributed by atoms with Gasteiger partial charge in [-0.1, -0.05) is 72.3 Å². The third-order valence-corrected chi connectivity index (χ3v) is 5.13. The molecule has 0 aromatic heterocycles. The molecule has 0 spiro atoms. The third kappa shape index (κ3) is 3.80. The molecule has 0 saturated carbocycles. The number of hydrogen-bond acceptors (Lipinski definition) is 4. The standard InChI is InChI=1S/C24H19ClN2O3/c1-30-20-13-12-18(14-19(20)25)26-22-21(17-10-6-3-7-11-17)23(28)27(24(22)29)15-16-8-4-2-5-9-16/h2-14,26H,15H2,1H3. The summed E-state index contributed by atoms with van der Waals surface area (Å²) in [7, 11) is 1.53. The fourth-order valence-corrected chi connectivity index (χ4v) is 3.62. The van der Waals surface area contributed by atoms with Crippen molar-refractivity contribution >= 4 is 34.7 Å². The van der Waals surface area contributed by atoms with Gasteiger partial charge in [0.1, 0.15) is 11.4 Å². The molecule has 1 heterocycles. The Morgan fingerprint density at radius 1 is 0.900 bits per heavy atom. The van der Waals surface area contributed by atoms with Crippen LogP contribution in [0.3, 0.4) is 0 Å². The van der Waals surface area contributed by atoms with Gasteiger partial charge in [-0.05, 0) is 29.3 Å². The lowest BCUT2D eigenvalue weighted by atomic mass is 10.0. The molecule has 2 amide bonds. The van der Waals surface area contributed by atoms with Crippen LogP contribution in [0.25, 0.3) is 5.57 Å². The van der Waals surface area contributed by atoms with Gasteiger partial charge in [0.05, 0.1) is 24.3 Å². The van der Waals surface area contributed by atoms with E-state index in [0.29, 0.717) is 27.6 Å². The van der Waals surface area contributed by atoms with Crippen molar-refractivity contribution in [2.45, 2.75) is 6.54 Å². The Morgan fingerprint density at radius 3 is 2.20 bits per heavy atom. The predicted octanol–water partition coefficient (Wildman–Crippen LogP) is 4.74.